The molecule has 0 aliphatic rings. The standard InChI is InChI=1S/C19H20OSi/c1-3-5-16-20-21(17-4-2,18-12-8-6-9-13-18)19-14-10-7-11-15-19/h1,4,6-15H,2,5,16-17H2. The van der Waals surface area contributed by atoms with Crippen LogP contribution in [0.25, 0.3) is 0 Å². The molecule has 0 bridgehead atoms. The minimum Gasteiger partial charge on any atom is -0.407 e. The van der Waals surface area contributed by atoms with E-state index in [1.54, 1.807) is 0 Å². The number of rotatable bonds is 7. The van der Waals surface area contributed by atoms with E-state index in [-0.39, 0.29) is 0 Å². The van der Waals surface area contributed by atoms with E-state index in [1.807, 2.05) is 18.2 Å². The molecule has 2 aromatic carbocycles. The molecule has 2 aromatic rings. The molecule has 0 fully saturated rings. The molecule has 0 aliphatic carbocycles. The zero-order valence-corrected chi connectivity index (χ0v) is 13.2. The second-order valence-electron chi connectivity index (χ2n) is 4.85. The third-order valence-corrected chi connectivity index (χ3v) is 7.60. The summed E-state index contributed by atoms with van der Waals surface area (Å²) in [5, 5.41) is 2.52. The van der Waals surface area contributed by atoms with Crippen molar-refractivity contribution in [3.05, 3.63) is 73.3 Å². The molecule has 0 aliphatic heterocycles. The minimum absolute atomic E-state index is 0.584. The van der Waals surface area contributed by atoms with E-state index >= 15 is 0 Å². The second-order valence-corrected chi connectivity index (χ2v) is 8.36. The van der Waals surface area contributed by atoms with Gasteiger partial charge in [-0.3, -0.25) is 0 Å². The molecule has 0 amide bonds. The lowest BCUT2D eigenvalue weighted by Crippen LogP contribution is -2.60. The number of hydrogen-bond donors (Lipinski definition) is 0. The first kappa shape index (κ1) is 15.3. The van der Waals surface area contributed by atoms with Gasteiger partial charge in [-0.25, -0.2) is 0 Å². The van der Waals surface area contributed by atoms with Crippen molar-refractivity contribution < 1.29 is 4.43 Å². The van der Waals surface area contributed by atoms with Crippen LogP contribution in [0.3, 0.4) is 0 Å². The van der Waals surface area contributed by atoms with Crippen LogP contribution in [0.2, 0.25) is 6.04 Å². The summed E-state index contributed by atoms with van der Waals surface area (Å²) in [5.74, 6) is 2.66. The molecular weight excluding hydrogens is 272 g/mol. The van der Waals surface area contributed by atoms with Crippen LogP contribution in [0.1, 0.15) is 6.42 Å². The Balaban J connectivity index is 2.49. The maximum absolute atomic E-state index is 6.41. The molecule has 0 atom stereocenters. The fourth-order valence-corrected chi connectivity index (χ4v) is 6.10. The first-order chi connectivity index (χ1) is 10.3. The molecule has 106 valence electrons. The summed E-state index contributed by atoms with van der Waals surface area (Å²) in [6.45, 7) is 4.52. The smallest absolute Gasteiger partial charge is 0.259 e. The molecule has 0 radical (unpaired) electrons. The van der Waals surface area contributed by atoms with Gasteiger partial charge in [0.2, 0.25) is 0 Å². The lowest BCUT2D eigenvalue weighted by atomic mass is 10.4. The van der Waals surface area contributed by atoms with Crippen molar-refractivity contribution in [3.63, 3.8) is 0 Å². The summed E-state index contributed by atoms with van der Waals surface area (Å²) in [6.07, 6.45) is 7.97. The van der Waals surface area contributed by atoms with E-state index in [1.165, 1.54) is 10.4 Å². The Kier molecular flexibility index (Phi) is 5.56. The van der Waals surface area contributed by atoms with Crippen LogP contribution < -0.4 is 10.4 Å². The normalized spacial score (nSPS) is 10.8. The SMILES string of the molecule is C#CCCO[Si](CC=C)(c1ccccc1)c1ccccc1. The predicted molar refractivity (Wildman–Crippen MR) is 92.3 cm³/mol. The Morgan fingerprint density at radius 1 is 1.00 bits per heavy atom. The maximum Gasteiger partial charge on any atom is 0.259 e. The summed E-state index contributed by atoms with van der Waals surface area (Å²) in [7, 11) is -2.30. The van der Waals surface area contributed by atoms with Crippen molar-refractivity contribution in [2.45, 2.75) is 12.5 Å². The molecule has 0 saturated heterocycles. The van der Waals surface area contributed by atoms with Crippen molar-refractivity contribution >= 4 is 18.7 Å². The summed E-state index contributed by atoms with van der Waals surface area (Å²) < 4.78 is 6.41. The predicted octanol–water partition coefficient (Wildman–Crippen LogP) is 2.97. The van der Waals surface area contributed by atoms with Gasteiger partial charge in [-0.15, -0.1) is 18.9 Å². The first-order valence-electron chi connectivity index (χ1n) is 7.13. The van der Waals surface area contributed by atoms with Crippen LogP contribution in [0.5, 0.6) is 0 Å². The summed E-state index contributed by atoms with van der Waals surface area (Å²) in [4.78, 5) is 0. The third kappa shape index (κ3) is 3.52. The Labute approximate surface area is 128 Å². The van der Waals surface area contributed by atoms with Gasteiger partial charge < -0.3 is 4.43 Å². The van der Waals surface area contributed by atoms with Crippen molar-refractivity contribution in [3.8, 4) is 12.3 Å². The van der Waals surface area contributed by atoms with Gasteiger partial charge in [0.1, 0.15) is 0 Å². The van der Waals surface area contributed by atoms with Gasteiger partial charge in [0.05, 0.1) is 0 Å². The van der Waals surface area contributed by atoms with Crippen LogP contribution in [0.15, 0.2) is 73.3 Å². The van der Waals surface area contributed by atoms with E-state index in [2.05, 4.69) is 61.0 Å². The highest BCUT2D eigenvalue weighted by atomic mass is 28.4. The van der Waals surface area contributed by atoms with Crippen molar-refractivity contribution in [1.29, 1.82) is 0 Å². The molecule has 0 aromatic heterocycles. The lowest BCUT2D eigenvalue weighted by Gasteiger charge is -2.31. The Morgan fingerprint density at radius 2 is 1.52 bits per heavy atom. The molecule has 0 unspecified atom stereocenters. The molecule has 1 nitrogen and oxygen atoms in total. The molecule has 2 rings (SSSR count). The largest absolute Gasteiger partial charge is 0.407 e. The molecule has 2 heteroatoms. The van der Waals surface area contributed by atoms with Crippen molar-refractivity contribution in [2.24, 2.45) is 0 Å². The Hall–Kier alpha value is -2.08. The summed E-state index contributed by atoms with van der Waals surface area (Å²) in [5.41, 5.74) is 0. The highest BCUT2D eigenvalue weighted by Gasteiger charge is 2.38. The van der Waals surface area contributed by atoms with E-state index in [0.717, 1.165) is 6.04 Å². The third-order valence-electron chi connectivity index (χ3n) is 3.51. The zero-order chi connectivity index (χ0) is 15.0. The fourth-order valence-electron chi connectivity index (χ4n) is 2.53. The number of hydrogen-bond acceptors (Lipinski definition) is 1. The number of terminal acetylenes is 1. The molecule has 0 saturated carbocycles. The zero-order valence-electron chi connectivity index (χ0n) is 12.2. The molecule has 0 spiro atoms. The highest BCUT2D eigenvalue weighted by molar-refractivity contribution is 6.97. The highest BCUT2D eigenvalue weighted by Crippen LogP contribution is 2.14. The van der Waals surface area contributed by atoms with Crippen molar-refractivity contribution in [2.75, 3.05) is 6.61 Å². The average molecular weight is 292 g/mol. The fraction of sp³-hybridized carbons (Fsp3) is 0.158. The minimum atomic E-state index is -2.30. The van der Waals surface area contributed by atoms with E-state index in [4.69, 9.17) is 10.8 Å². The molecular formula is C19H20OSi. The quantitative estimate of drug-likeness (QED) is 0.330. The van der Waals surface area contributed by atoms with E-state index in [9.17, 15) is 0 Å². The monoisotopic (exact) mass is 292 g/mol. The first-order valence-corrected chi connectivity index (χ1v) is 9.24. The van der Waals surface area contributed by atoms with Gasteiger partial charge in [-0.2, -0.15) is 0 Å². The van der Waals surface area contributed by atoms with Gasteiger partial charge in [0.15, 0.2) is 0 Å². The lowest BCUT2D eigenvalue weighted by molar-refractivity contribution is 0.327. The van der Waals surface area contributed by atoms with Crippen molar-refractivity contribution in [1.82, 2.24) is 0 Å². The Bertz CT molecular complexity index is 559. The molecule has 0 N–H and O–H groups in total. The van der Waals surface area contributed by atoms with Gasteiger partial charge >= 0.3 is 0 Å². The Morgan fingerprint density at radius 3 is 1.95 bits per heavy atom. The van der Waals surface area contributed by atoms with Gasteiger partial charge in [0.25, 0.3) is 8.32 Å². The number of benzene rings is 2. The summed E-state index contributed by atoms with van der Waals surface area (Å²) in [6, 6.07) is 21.8. The second kappa shape index (κ2) is 7.63. The van der Waals surface area contributed by atoms with Gasteiger partial charge in [-0.1, -0.05) is 66.7 Å². The van der Waals surface area contributed by atoms with Crippen LogP contribution in [-0.4, -0.2) is 14.9 Å². The topological polar surface area (TPSA) is 9.23 Å². The van der Waals surface area contributed by atoms with Crippen LogP contribution in [-0.2, 0) is 4.43 Å². The van der Waals surface area contributed by atoms with Crippen LogP contribution in [0, 0.1) is 12.3 Å². The number of allylic oxidation sites excluding steroid dienone is 1. The summed E-state index contributed by atoms with van der Waals surface area (Å²) >= 11 is 0. The van der Waals surface area contributed by atoms with E-state index < -0.39 is 8.32 Å². The van der Waals surface area contributed by atoms with Gasteiger partial charge in [0, 0.05) is 13.0 Å². The van der Waals surface area contributed by atoms with Gasteiger partial charge in [-0.05, 0) is 16.4 Å². The molecule has 0 heterocycles. The maximum atomic E-state index is 6.41. The van der Waals surface area contributed by atoms with E-state index in [0.29, 0.717) is 13.0 Å². The van der Waals surface area contributed by atoms with Crippen LogP contribution in [0.4, 0.5) is 0 Å². The van der Waals surface area contributed by atoms with Crippen LogP contribution >= 0.6 is 0 Å². The average Bonchev–Trinajstić information content (AvgIpc) is 2.56. The molecule has 21 heavy (non-hydrogen) atoms.